The van der Waals surface area contributed by atoms with Gasteiger partial charge in [0.25, 0.3) is 0 Å². The van der Waals surface area contributed by atoms with Crippen LogP contribution >= 0.6 is 14.3 Å². The molecule has 0 N–H and O–H groups in total. The van der Waals surface area contributed by atoms with Crippen LogP contribution in [0, 0.1) is 0 Å². The minimum atomic E-state index is -2.10. The molecular weight excluding hydrogens is 182 g/mol. The van der Waals surface area contributed by atoms with Crippen LogP contribution in [0.4, 0.5) is 0 Å². The first kappa shape index (κ1) is 11.4. The normalized spacial score (nSPS) is 13.5. The maximum atomic E-state index is 11.1. The van der Waals surface area contributed by atoms with Gasteiger partial charge in [-0.3, -0.25) is 0 Å². The summed E-state index contributed by atoms with van der Waals surface area (Å²) in [6, 6.07) is 0. The van der Waals surface area contributed by atoms with Gasteiger partial charge in [-0.1, -0.05) is 0 Å². The summed E-state index contributed by atoms with van der Waals surface area (Å²) in [6.45, 7) is 6.62. The summed E-state index contributed by atoms with van der Waals surface area (Å²) in [5.74, 6) is 0. The van der Waals surface area contributed by atoms with Crippen molar-refractivity contribution in [3.05, 3.63) is 0 Å². The Hall–Kier alpha value is 0.420. The highest BCUT2D eigenvalue weighted by Gasteiger charge is 2.11. The van der Waals surface area contributed by atoms with Gasteiger partial charge in [-0.2, -0.15) is 0 Å². The molecule has 0 spiro atoms. The van der Waals surface area contributed by atoms with E-state index in [1.165, 1.54) is 0 Å². The molecule has 0 fully saturated rings. The third kappa shape index (κ3) is 10.4. The van der Waals surface area contributed by atoms with Crippen molar-refractivity contribution in [2.75, 3.05) is 39.4 Å². The molecule has 0 unspecified atom stereocenters. The fourth-order valence-electron chi connectivity index (χ4n) is 0.481. The van der Waals surface area contributed by atoms with E-state index in [0.717, 1.165) is 0 Å². The number of rotatable bonds is 4. The van der Waals surface area contributed by atoms with Gasteiger partial charge in [0.15, 0.2) is 0 Å². The van der Waals surface area contributed by atoms with Crippen LogP contribution in [0.3, 0.4) is 0 Å². The van der Waals surface area contributed by atoms with E-state index >= 15 is 0 Å². The minimum absolute atomic E-state index is 0.235. The van der Waals surface area contributed by atoms with Gasteiger partial charge in [-0.15, -0.1) is 0 Å². The predicted octanol–water partition coefficient (Wildman–Crippen LogP) is 2.16. The molecule has 0 radical (unpaired) electrons. The van der Waals surface area contributed by atoms with Gasteiger partial charge in [0, 0.05) is 0 Å². The van der Waals surface area contributed by atoms with Crippen LogP contribution in [0.2, 0.25) is 0 Å². The lowest BCUT2D eigenvalue weighted by molar-refractivity contribution is 0.224. The van der Waals surface area contributed by atoms with Gasteiger partial charge in [-0.05, 0) is 26.7 Å². The average Bonchev–Trinajstić information content (AvgIpc) is 1.55. The largest absolute Gasteiger partial charge is 0.366 e. The molecule has 0 saturated heterocycles. The first-order valence-corrected chi connectivity index (χ1v) is 8.94. The predicted molar refractivity (Wildman–Crippen MR) is 49.7 cm³/mol. The van der Waals surface area contributed by atoms with Crippen LogP contribution in [0.5, 0.6) is 0 Å². The van der Waals surface area contributed by atoms with Crippen molar-refractivity contribution in [2.24, 2.45) is 0 Å². The maximum Gasteiger partial charge on any atom is 0.106 e. The van der Waals surface area contributed by atoms with E-state index in [1.54, 1.807) is 26.7 Å². The van der Waals surface area contributed by atoms with Crippen molar-refractivity contribution in [1.29, 1.82) is 0 Å². The smallest absolute Gasteiger partial charge is 0.106 e. The Balaban J connectivity index is 3.61. The van der Waals surface area contributed by atoms with Crippen LogP contribution in [0.25, 0.3) is 0 Å². The summed E-state index contributed by atoms with van der Waals surface area (Å²) in [4.78, 5) is 0. The van der Waals surface area contributed by atoms with Crippen molar-refractivity contribution < 1.29 is 13.9 Å². The zero-order valence-corrected chi connectivity index (χ0v) is 9.32. The molecule has 0 saturated carbocycles. The van der Waals surface area contributed by atoms with Gasteiger partial charge < -0.3 is 13.9 Å². The first-order valence-electron chi connectivity index (χ1n) is 3.36. The molecule has 5 heteroatoms. The zero-order chi connectivity index (χ0) is 9.12. The highest BCUT2D eigenvalue weighted by molar-refractivity contribution is 7.63. The molecule has 3 nitrogen and oxygen atoms in total. The second-order valence-electron chi connectivity index (χ2n) is 3.61. The molecule has 68 valence electrons. The molecular formula is C6H16O3P2. The fraction of sp³-hybridized carbons (Fsp3) is 1.00. The fourth-order valence-corrected chi connectivity index (χ4v) is 1.69. The van der Waals surface area contributed by atoms with Crippen LogP contribution in [-0.4, -0.2) is 39.4 Å². The Bertz CT molecular complexity index is 178. The van der Waals surface area contributed by atoms with Crippen LogP contribution in [0.1, 0.15) is 0 Å². The Morgan fingerprint density at radius 1 is 0.909 bits per heavy atom. The first-order chi connectivity index (χ1) is 4.71. The van der Waals surface area contributed by atoms with Crippen LogP contribution < -0.4 is 0 Å². The third-order valence-electron chi connectivity index (χ3n) is 0.804. The zero-order valence-electron chi connectivity index (χ0n) is 7.53. The van der Waals surface area contributed by atoms with Gasteiger partial charge in [0.1, 0.15) is 14.3 Å². The lowest BCUT2D eigenvalue weighted by Crippen LogP contribution is -1.96. The summed E-state index contributed by atoms with van der Waals surface area (Å²) < 4.78 is 27.2. The molecule has 0 aromatic rings. The SMILES string of the molecule is CP(C)(=O)COCP(C)(C)=O. The van der Waals surface area contributed by atoms with Crippen molar-refractivity contribution in [1.82, 2.24) is 0 Å². The van der Waals surface area contributed by atoms with E-state index in [2.05, 4.69) is 0 Å². The highest BCUT2D eigenvalue weighted by atomic mass is 31.2. The molecule has 0 aliphatic carbocycles. The highest BCUT2D eigenvalue weighted by Crippen LogP contribution is 2.40. The molecule has 0 rings (SSSR count). The molecule has 0 bridgehead atoms. The summed E-state index contributed by atoms with van der Waals surface area (Å²) in [7, 11) is -4.19. The molecule has 0 aliphatic rings. The van der Waals surface area contributed by atoms with Gasteiger partial charge in [-0.25, -0.2) is 0 Å². The van der Waals surface area contributed by atoms with Gasteiger partial charge in [0.05, 0.1) is 12.7 Å². The lowest BCUT2D eigenvalue weighted by atomic mass is 11.5. The molecule has 0 aliphatic heterocycles. The van der Waals surface area contributed by atoms with Crippen molar-refractivity contribution in [3.63, 3.8) is 0 Å². The van der Waals surface area contributed by atoms with Crippen molar-refractivity contribution >= 4 is 14.3 Å². The van der Waals surface area contributed by atoms with E-state index in [9.17, 15) is 9.13 Å². The van der Waals surface area contributed by atoms with Gasteiger partial charge >= 0.3 is 0 Å². The molecule has 0 aromatic carbocycles. The summed E-state index contributed by atoms with van der Waals surface area (Å²) in [5, 5.41) is 0. The monoisotopic (exact) mass is 198 g/mol. The number of hydrogen-bond donors (Lipinski definition) is 0. The second kappa shape index (κ2) is 3.89. The number of ether oxygens (including phenoxy) is 1. The molecule has 0 heterocycles. The molecule has 11 heavy (non-hydrogen) atoms. The summed E-state index contributed by atoms with van der Waals surface area (Å²) in [6.07, 6.45) is 0.470. The molecule has 0 aromatic heterocycles. The van der Waals surface area contributed by atoms with Crippen molar-refractivity contribution in [2.45, 2.75) is 0 Å². The van der Waals surface area contributed by atoms with E-state index in [1.807, 2.05) is 0 Å². The van der Waals surface area contributed by atoms with Crippen molar-refractivity contribution in [3.8, 4) is 0 Å². The Kier molecular flexibility index (Phi) is 4.04. The lowest BCUT2D eigenvalue weighted by Gasteiger charge is -2.09. The maximum absolute atomic E-state index is 11.1. The van der Waals surface area contributed by atoms with E-state index in [-0.39, 0.29) is 12.7 Å². The Labute approximate surface area is 68.3 Å². The molecule has 0 atom stereocenters. The third-order valence-corrected chi connectivity index (χ3v) is 2.41. The molecule has 0 amide bonds. The van der Waals surface area contributed by atoms with E-state index < -0.39 is 14.3 Å². The quantitative estimate of drug-likeness (QED) is 0.650. The summed E-state index contributed by atoms with van der Waals surface area (Å²) >= 11 is 0. The van der Waals surface area contributed by atoms with Crippen LogP contribution in [0.15, 0.2) is 0 Å². The number of hydrogen-bond acceptors (Lipinski definition) is 3. The van der Waals surface area contributed by atoms with E-state index in [0.29, 0.717) is 0 Å². The minimum Gasteiger partial charge on any atom is -0.366 e. The second-order valence-corrected chi connectivity index (χ2v) is 10.4. The van der Waals surface area contributed by atoms with Gasteiger partial charge in [0.2, 0.25) is 0 Å². The van der Waals surface area contributed by atoms with Crippen LogP contribution in [-0.2, 0) is 13.9 Å². The topological polar surface area (TPSA) is 43.4 Å². The Morgan fingerprint density at radius 2 is 1.18 bits per heavy atom. The Morgan fingerprint density at radius 3 is 1.36 bits per heavy atom. The average molecular weight is 198 g/mol. The summed E-state index contributed by atoms with van der Waals surface area (Å²) in [5.41, 5.74) is 0. The standard InChI is InChI=1S/C6H16O3P2/c1-10(2,7)5-9-6-11(3,4)8/h5-6H2,1-4H3. The van der Waals surface area contributed by atoms with E-state index in [4.69, 9.17) is 4.74 Å².